The summed E-state index contributed by atoms with van der Waals surface area (Å²) in [5, 5.41) is 3.26. The molecular formula is C15H20BrFN4. The van der Waals surface area contributed by atoms with Crippen LogP contribution in [0, 0.1) is 5.82 Å². The van der Waals surface area contributed by atoms with Crippen LogP contribution in [0.25, 0.3) is 0 Å². The van der Waals surface area contributed by atoms with Crippen LogP contribution in [0.5, 0.6) is 0 Å². The Morgan fingerprint density at radius 2 is 1.90 bits per heavy atom. The monoisotopic (exact) mass is 354 g/mol. The average molecular weight is 355 g/mol. The summed E-state index contributed by atoms with van der Waals surface area (Å²) >= 11 is 3.33. The zero-order chi connectivity index (χ0) is 15.2. The molecule has 1 aromatic carbocycles. The van der Waals surface area contributed by atoms with Crippen molar-refractivity contribution in [3.05, 3.63) is 41.1 Å². The van der Waals surface area contributed by atoms with Gasteiger partial charge in [-0.2, -0.15) is 0 Å². The van der Waals surface area contributed by atoms with E-state index in [0.717, 1.165) is 42.3 Å². The first kappa shape index (κ1) is 15.8. The van der Waals surface area contributed by atoms with E-state index >= 15 is 0 Å². The lowest BCUT2D eigenvalue weighted by molar-refractivity contribution is 0.374. The summed E-state index contributed by atoms with van der Waals surface area (Å²) in [5.74, 6) is 0.686. The Morgan fingerprint density at radius 3 is 2.43 bits per heavy atom. The molecule has 0 saturated carbocycles. The van der Waals surface area contributed by atoms with Crippen LogP contribution in [-0.2, 0) is 0 Å². The molecular weight excluding hydrogens is 335 g/mol. The maximum Gasteiger partial charge on any atom is 0.194 e. The molecule has 0 amide bonds. The minimum Gasteiger partial charge on any atom is -0.368 e. The van der Waals surface area contributed by atoms with Crippen molar-refractivity contribution < 1.29 is 4.39 Å². The van der Waals surface area contributed by atoms with Gasteiger partial charge in [-0.15, -0.1) is 0 Å². The number of nitrogens with one attached hydrogen (secondary N) is 1. The largest absolute Gasteiger partial charge is 0.368 e. The Labute approximate surface area is 133 Å². The molecule has 4 nitrogen and oxygen atoms in total. The number of nitrogens with zero attached hydrogens (tertiary/aromatic N) is 3. The summed E-state index contributed by atoms with van der Waals surface area (Å²) in [6.45, 7) is 8.01. The SMILES string of the molecule is C=C(Br)CNC(=NC)N1CCN(c2ccc(F)cc2)CC1. The molecule has 0 unspecified atom stereocenters. The number of anilines is 1. The van der Waals surface area contributed by atoms with Crippen LogP contribution >= 0.6 is 15.9 Å². The first-order chi connectivity index (χ1) is 10.1. The lowest BCUT2D eigenvalue weighted by atomic mass is 10.2. The highest BCUT2D eigenvalue weighted by Gasteiger charge is 2.19. The summed E-state index contributed by atoms with van der Waals surface area (Å²) in [6, 6.07) is 6.66. The van der Waals surface area contributed by atoms with Gasteiger partial charge in [0.15, 0.2) is 5.96 Å². The van der Waals surface area contributed by atoms with Crippen molar-refractivity contribution in [1.29, 1.82) is 0 Å². The van der Waals surface area contributed by atoms with Gasteiger partial charge in [-0.1, -0.05) is 22.5 Å². The summed E-state index contributed by atoms with van der Waals surface area (Å²) < 4.78 is 13.9. The lowest BCUT2D eigenvalue weighted by Gasteiger charge is -2.37. The minimum absolute atomic E-state index is 0.197. The van der Waals surface area contributed by atoms with Crippen LogP contribution < -0.4 is 10.2 Å². The smallest absolute Gasteiger partial charge is 0.194 e. The number of rotatable bonds is 3. The summed E-state index contributed by atoms with van der Waals surface area (Å²) in [6.07, 6.45) is 0. The number of halogens is 2. The number of aliphatic imine (C=N–C) groups is 1. The van der Waals surface area contributed by atoms with E-state index in [1.807, 2.05) is 12.1 Å². The van der Waals surface area contributed by atoms with Gasteiger partial charge in [0, 0.05) is 49.9 Å². The standard InChI is InChI=1S/C15H20BrFN4/c1-12(16)11-19-15(18-2)21-9-7-20(8-10-21)14-5-3-13(17)4-6-14/h3-6H,1,7-11H2,2H3,(H,18,19). The first-order valence-electron chi connectivity index (χ1n) is 6.89. The van der Waals surface area contributed by atoms with Crippen LogP contribution in [0.3, 0.4) is 0 Å². The molecule has 1 N–H and O–H groups in total. The van der Waals surface area contributed by atoms with E-state index in [-0.39, 0.29) is 5.82 Å². The molecule has 0 aliphatic carbocycles. The van der Waals surface area contributed by atoms with Gasteiger partial charge in [0.25, 0.3) is 0 Å². The molecule has 0 spiro atoms. The van der Waals surface area contributed by atoms with Gasteiger partial charge in [0.05, 0.1) is 0 Å². The van der Waals surface area contributed by atoms with Gasteiger partial charge in [0.2, 0.25) is 0 Å². The summed E-state index contributed by atoms with van der Waals surface area (Å²) in [7, 11) is 1.78. The van der Waals surface area contributed by atoms with E-state index in [4.69, 9.17) is 0 Å². The lowest BCUT2D eigenvalue weighted by Crippen LogP contribution is -2.52. The van der Waals surface area contributed by atoms with Crippen molar-refractivity contribution in [3.8, 4) is 0 Å². The van der Waals surface area contributed by atoms with Crippen LogP contribution in [0.1, 0.15) is 0 Å². The fourth-order valence-corrected chi connectivity index (χ4v) is 2.48. The fourth-order valence-electron chi connectivity index (χ4n) is 2.34. The van der Waals surface area contributed by atoms with E-state index in [0.29, 0.717) is 6.54 Å². The molecule has 1 aliphatic heterocycles. The molecule has 0 atom stereocenters. The van der Waals surface area contributed by atoms with E-state index in [1.54, 1.807) is 7.05 Å². The second-order valence-corrected chi connectivity index (χ2v) is 5.99. The van der Waals surface area contributed by atoms with E-state index < -0.39 is 0 Å². The van der Waals surface area contributed by atoms with Gasteiger partial charge in [-0.25, -0.2) is 4.39 Å². The van der Waals surface area contributed by atoms with Crippen molar-refractivity contribution in [1.82, 2.24) is 10.2 Å². The van der Waals surface area contributed by atoms with Crippen molar-refractivity contribution in [2.24, 2.45) is 4.99 Å². The second kappa shape index (κ2) is 7.45. The van der Waals surface area contributed by atoms with E-state index in [9.17, 15) is 4.39 Å². The Kier molecular flexibility index (Phi) is 5.61. The summed E-state index contributed by atoms with van der Waals surface area (Å²) in [5.41, 5.74) is 1.06. The number of piperazine rings is 1. The molecule has 1 aliphatic rings. The highest BCUT2D eigenvalue weighted by atomic mass is 79.9. The summed E-state index contributed by atoms with van der Waals surface area (Å²) in [4.78, 5) is 8.77. The van der Waals surface area contributed by atoms with Crippen molar-refractivity contribution >= 4 is 27.6 Å². The van der Waals surface area contributed by atoms with Crippen LogP contribution in [0.2, 0.25) is 0 Å². The van der Waals surface area contributed by atoms with Crippen molar-refractivity contribution in [2.75, 3.05) is 44.7 Å². The minimum atomic E-state index is -0.197. The van der Waals surface area contributed by atoms with Crippen molar-refractivity contribution in [3.63, 3.8) is 0 Å². The quantitative estimate of drug-likeness (QED) is 0.668. The molecule has 21 heavy (non-hydrogen) atoms. The number of hydrogen-bond acceptors (Lipinski definition) is 2. The Balaban J connectivity index is 1.90. The molecule has 1 heterocycles. The van der Waals surface area contributed by atoms with E-state index in [2.05, 4.69) is 42.6 Å². The highest BCUT2D eigenvalue weighted by molar-refractivity contribution is 9.11. The second-order valence-electron chi connectivity index (χ2n) is 4.87. The molecule has 1 aromatic rings. The number of benzene rings is 1. The Morgan fingerprint density at radius 1 is 1.29 bits per heavy atom. The molecule has 0 aromatic heterocycles. The first-order valence-corrected chi connectivity index (χ1v) is 7.69. The van der Waals surface area contributed by atoms with E-state index in [1.165, 1.54) is 12.1 Å². The molecule has 0 bridgehead atoms. The third-order valence-corrected chi connectivity index (χ3v) is 3.70. The molecule has 6 heteroatoms. The Hall–Kier alpha value is -1.56. The molecule has 0 radical (unpaired) electrons. The topological polar surface area (TPSA) is 30.9 Å². The maximum absolute atomic E-state index is 13.0. The highest BCUT2D eigenvalue weighted by Crippen LogP contribution is 2.16. The predicted molar refractivity (Wildman–Crippen MR) is 89.6 cm³/mol. The Bertz CT molecular complexity index is 507. The van der Waals surface area contributed by atoms with Crippen LogP contribution in [-0.4, -0.2) is 50.6 Å². The zero-order valence-electron chi connectivity index (χ0n) is 12.1. The number of hydrogen-bond donors (Lipinski definition) is 1. The van der Waals surface area contributed by atoms with Crippen molar-refractivity contribution in [2.45, 2.75) is 0 Å². The maximum atomic E-state index is 13.0. The number of guanidine groups is 1. The van der Waals surface area contributed by atoms with Gasteiger partial charge in [-0.3, -0.25) is 4.99 Å². The predicted octanol–water partition coefficient (Wildman–Crippen LogP) is 2.43. The third-order valence-electron chi connectivity index (χ3n) is 3.42. The third kappa shape index (κ3) is 4.46. The average Bonchev–Trinajstić information content (AvgIpc) is 2.49. The molecule has 114 valence electrons. The van der Waals surface area contributed by atoms with Gasteiger partial charge >= 0.3 is 0 Å². The van der Waals surface area contributed by atoms with Crippen LogP contribution in [0.15, 0.2) is 40.3 Å². The molecule has 2 rings (SSSR count). The van der Waals surface area contributed by atoms with Gasteiger partial charge in [0.1, 0.15) is 5.82 Å². The molecule has 1 fully saturated rings. The zero-order valence-corrected chi connectivity index (χ0v) is 13.7. The van der Waals surface area contributed by atoms with Gasteiger partial charge in [-0.05, 0) is 24.3 Å². The fraction of sp³-hybridized carbons (Fsp3) is 0.400. The normalized spacial score (nSPS) is 16.0. The van der Waals surface area contributed by atoms with Crippen LogP contribution in [0.4, 0.5) is 10.1 Å². The van der Waals surface area contributed by atoms with Gasteiger partial charge < -0.3 is 15.1 Å². The molecule has 1 saturated heterocycles.